The molecule has 0 fully saturated rings. The molecule has 0 aliphatic carbocycles. The van der Waals surface area contributed by atoms with Gasteiger partial charge in [0.15, 0.2) is 0 Å². The summed E-state index contributed by atoms with van der Waals surface area (Å²) in [5.41, 5.74) is 2.35. The second-order valence-electron chi connectivity index (χ2n) is 3.02. The summed E-state index contributed by atoms with van der Waals surface area (Å²) < 4.78 is 5.17. The van der Waals surface area contributed by atoms with E-state index in [4.69, 9.17) is 4.74 Å². The normalized spacial score (nSPS) is 9.79. The van der Waals surface area contributed by atoms with Crippen molar-refractivity contribution in [3.05, 3.63) is 54.6 Å². The molecule has 0 saturated carbocycles. The van der Waals surface area contributed by atoms with E-state index >= 15 is 0 Å². The summed E-state index contributed by atoms with van der Waals surface area (Å²) in [6.45, 7) is 0. The third-order valence-electron chi connectivity index (χ3n) is 2.12. The zero-order valence-electron chi connectivity index (χ0n) is 8.03. The second-order valence-corrected chi connectivity index (χ2v) is 3.02. The number of rotatable bonds is 2. The standard InChI is InChI=1S/C13H11O/c1-14-13-9-5-8-12(10-13)11-6-3-2-4-7-11/h3-10H,1H3. The van der Waals surface area contributed by atoms with Crippen LogP contribution in [0.2, 0.25) is 0 Å². The van der Waals surface area contributed by atoms with Gasteiger partial charge in [0.2, 0.25) is 0 Å². The summed E-state index contributed by atoms with van der Waals surface area (Å²) in [7, 11) is 1.68. The highest BCUT2D eigenvalue weighted by Gasteiger charge is 1.97. The lowest BCUT2D eigenvalue weighted by Gasteiger charge is -2.03. The maximum Gasteiger partial charge on any atom is 0.119 e. The van der Waals surface area contributed by atoms with Gasteiger partial charge in [0, 0.05) is 0 Å². The first-order valence-electron chi connectivity index (χ1n) is 4.51. The lowest BCUT2D eigenvalue weighted by atomic mass is 10.1. The highest BCUT2D eigenvalue weighted by atomic mass is 16.5. The SMILES string of the molecule is COc1cccc(-c2cc[c]cc2)c1. The van der Waals surface area contributed by atoms with Gasteiger partial charge in [-0.25, -0.2) is 0 Å². The lowest BCUT2D eigenvalue weighted by molar-refractivity contribution is 0.415. The van der Waals surface area contributed by atoms with Gasteiger partial charge in [0.25, 0.3) is 0 Å². The van der Waals surface area contributed by atoms with Crippen LogP contribution in [-0.2, 0) is 0 Å². The van der Waals surface area contributed by atoms with E-state index in [0.717, 1.165) is 5.75 Å². The van der Waals surface area contributed by atoms with E-state index in [2.05, 4.69) is 12.1 Å². The van der Waals surface area contributed by atoms with Crippen LogP contribution in [0.1, 0.15) is 0 Å². The van der Waals surface area contributed by atoms with E-state index in [1.54, 1.807) is 7.11 Å². The first-order chi connectivity index (χ1) is 6.90. The Morgan fingerprint density at radius 1 is 1.00 bits per heavy atom. The zero-order chi connectivity index (χ0) is 9.80. The van der Waals surface area contributed by atoms with Crippen molar-refractivity contribution < 1.29 is 4.74 Å². The molecule has 0 saturated heterocycles. The third kappa shape index (κ3) is 1.77. The average molecular weight is 183 g/mol. The van der Waals surface area contributed by atoms with Crippen LogP contribution >= 0.6 is 0 Å². The minimum absolute atomic E-state index is 0.885. The van der Waals surface area contributed by atoms with Crippen molar-refractivity contribution in [3.8, 4) is 16.9 Å². The maximum absolute atomic E-state index is 5.17. The number of methoxy groups -OCH3 is 1. The fraction of sp³-hybridized carbons (Fsp3) is 0.0769. The maximum atomic E-state index is 5.17. The molecule has 0 heterocycles. The Labute approximate surface area is 84.0 Å². The summed E-state index contributed by atoms with van der Waals surface area (Å²) in [4.78, 5) is 0. The first kappa shape index (κ1) is 8.82. The molecule has 0 unspecified atom stereocenters. The van der Waals surface area contributed by atoms with E-state index in [9.17, 15) is 0 Å². The molecule has 2 aromatic rings. The Bertz CT molecular complexity index is 407. The van der Waals surface area contributed by atoms with Crippen LogP contribution in [0.25, 0.3) is 11.1 Å². The molecule has 0 aliphatic heterocycles. The van der Waals surface area contributed by atoms with Crippen molar-refractivity contribution >= 4 is 0 Å². The average Bonchev–Trinajstić information content (AvgIpc) is 2.30. The number of benzene rings is 2. The summed E-state index contributed by atoms with van der Waals surface area (Å²) in [6, 6.07) is 18.9. The highest BCUT2D eigenvalue weighted by Crippen LogP contribution is 2.22. The van der Waals surface area contributed by atoms with E-state index in [0.29, 0.717) is 0 Å². The molecule has 2 rings (SSSR count). The summed E-state index contributed by atoms with van der Waals surface area (Å²) in [5.74, 6) is 0.885. The van der Waals surface area contributed by atoms with Crippen molar-refractivity contribution in [3.63, 3.8) is 0 Å². The molecule has 1 heteroatoms. The molecule has 0 aromatic heterocycles. The predicted octanol–water partition coefficient (Wildman–Crippen LogP) is 3.16. The van der Waals surface area contributed by atoms with Gasteiger partial charge in [-0.3, -0.25) is 0 Å². The highest BCUT2D eigenvalue weighted by molar-refractivity contribution is 5.64. The van der Waals surface area contributed by atoms with Gasteiger partial charge in [0.1, 0.15) is 5.75 Å². The molecule has 0 N–H and O–H groups in total. The minimum atomic E-state index is 0.885. The van der Waals surface area contributed by atoms with Gasteiger partial charge < -0.3 is 4.74 Å². The number of ether oxygens (including phenoxy) is 1. The Morgan fingerprint density at radius 2 is 1.79 bits per heavy atom. The van der Waals surface area contributed by atoms with E-state index in [-0.39, 0.29) is 0 Å². The number of hydrogen-bond donors (Lipinski definition) is 0. The van der Waals surface area contributed by atoms with Crippen molar-refractivity contribution in [2.45, 2.75) is 0 Å². The van der Waals surface area contributed by atoms with Crippen LogP contribution in [0, 0.1) is 6.07 Å². The Kier molecular flexibility index (Phi) is 2.50. The van der Waals surface area contributed by atoms with Crippen LogP contribution < -0.4 is 4.74 Å². The Hall–Kier alpha value is -1.76. The topological polar surface area (TPSA) is 9.23 Å². The minimum Gasteiger partial charge on any atom is -0.497 e. The van der Waals surface area contributed by atoms with E-state index in [1.165, 1.54) is 11.1 Å². The van der Waals surface area contributed by atoms with Gasteiger partial charge in [-0.1, -0.05) is 36.4 Å². The third-order valence-corrected chi connectivity index (χ3v) is 2.12. The molecule has 0 bridgehead atoms. The molecular formula is C13H11O. The molecule has 0 aliphatic rings. The molecule has 0 atom stereocenters. The molecule has 14 heavy (non-hydrogen) atoms. The van der Waals surface area contributed by atoms with Crippen molar-refractivity contribution in [2.75, 3.05) is 7.11 Å². The van der Waals surface area contributed by atoms with Crippen molar-refractivity contribution in [1.29, 1.82) is 0 Å². The summed E-state index contributed by atoms with van der Waals surface area (Å²) >= 11 is 0. The Balaban J connectivity index is 2.42. The van der Waals surface area contributed by atoms with Crippen LogP contribution in [0.5, 0.6) is 5.75 Å². The van der Waals surface area contributed by atoms with Gasteiger partial charge in [-0.2, -0.15) is 0 Å². The van der Waals surface area contributed by atoms with Crippen molar-refractivity contribution in [2.24, 2.45) is 0 Å². The first-order valence-corrected chi connectivity index (χ1v) is 4.51. The smallest absolute Gasteiger partial charge is 0.119 e. The van der Waals surface area contributed by atoms with Crippen LogP contribution in [-0.4, -0.2) is 7.11 Å². The Morgan fingerprint density at radius 3 is 2.50 bits per heavy atom. The van der Waals surface area contributed by atoms with Gasteiger partial charge in [-0.15, -0.1) is 0 Å². The largest absolute Gasteiger partial charge is 0.497 e. The molecule has 69 valence electrons. The monoisotopic (exact) mass is 183 g/mol. The van der Waals surface area contributed by atoms with Gasteiger partial charge in [-0.05, 0) is 29.3 Å². The second kappa shape index (κ2) is 3.97. The molecule has 1 radical (unpaired) electrons. The fourth-order valence-corrected chi connectivity index (χ4v) is 1.38. The van der Waals surface area contributed by atoms with E-state index < -0.39 is 0 Å². The fourth-order valence-electron chi connectivity index (χ4n) is 1.38. The summed E-state index contributed by atoms with van der Waals surface area (Å²) in [6.07, 6.45) is 0. The quantitative estimate of drug-likeness (QED) is 0.694. The van der Waals surface area contributed by atoms with Gasteiger partial charge >= 0.3 is 0 Å². The van der Waals surface area contributed by atoms with Crippen LogP contribution in [0.15, 0.2) is 48.5 Å². The zero-order valence-corrected chi connectivity index (χ0v) is 8.03. The number of hydrogen-bond acceptors (Lipinski definition) is 1. The predicted molar refractivity (Wildman–Crippen MR) is 57.3 cm³/mol. The molecule has 1 nitrogen and oxygen atoms in total. The van der Waals surface area contributed by atoms with Gasteiger partial charge in [0.05, 0.1) is 7.11 Å². The van der Waals surface area contributed by atoms with Crippen LogP contribution in [0.3, 0.4) is 0 Å². The van der Waals surface area contributed by atoms with E-state index in [1.807, 2.05) is 42.5 Å². The van der Waals surface area contributed by atoms with Crippen molar-refractivity contribution in [1.82, 2.24) is 0 Å². The molecular weight excluding hydrogens is 172 g/mol. The van der Waals surface area contributed by atoms with Crippen LogP contribution in [0.4, 0.5) is 0 Å². The lowest BCUT2D eigenvalue weighted by Crippen LogP contribution is -1.83. The molecule has 2 aromatic carbocycles. The summed E-state index contributed by atoms with van der Waals surface area (Å²) in [5, 5.41) is 0. The molecule has 0 amide bonds. The molecule has 0 spiro atoms.